The minimum absolute atomic E-state index is 0.126. The lowest BCUT2D eigenvalue weighted by Crippen LogP contribution is -2.44. The van der Waals surface area contributed by atoms with Gasteiger partial charge in [0, 0.05) is 13.1 Å². The van der Waals surface area contributed by atoms with Crippen molar-refractivity contribution in [2.24, 2.45) is 5.92 Å². The first-order valence-electron chi connectivity index (χ1n) is 11.2. The van der Waals surface area contributed by atoms with E-state index >= 15 is 0 Å². The SMILES string of the molecule is CC(C)[C@@H](C[C@@H](O)c1cccc(CO[Si](C)(C)C(C)(C)C)n1)N(C)C(=O)OC(C)(C)C. The maximum atomic E-state index is 12.5. The third-order valence-electron chi connectivity index (χ3n) is 5.97. The predicted octanol–water partition coefficient (Wildman–Crippen LogP) is 5.92. The lowest BCUT2D eigenvalue weighted by atomic mass is 9.95. The van der Waals surface area contributed by atoms with E-state index in [-0.39, 0.29) is 23.1 Å². The highest BCUT2D eigenvalue weighted by Gasteiger charge is 2.37. The molecule has 0 aliphatic heterocycles. The summed E-state index contributed by atoms with van der Waals surface area (Å²) in [6, 6.07) is 5.47. The quantitative estimate of drug-likeness (QED) is 0.496. The molecule has 0 unspecified atom stereocenters. The van der Waals surface area contributed by atoms with E-state index in [2.05, 4.69) is 38.8 Å². The minimum atomic E-state index is -1.88. The van der Waals surface area contributed by atoms with E-state index in [1.807, 2.05) is 52.8 Å². The number of carbonyl (C=O) groups excluding carboxylic acids is 1. The predicted molar refractivity (Wildman–Crippen MR) is 128 cm³/mol. The van der Waals surface area contributed by atoms with Crippen LogP contribution in [0.4, 0.5) is 4.79 Å². The number of amides is 1. The zero-order chi connectivity index (χ0) is 24.2. The Morgan fingerprint density at radius 2 is 1.74 bits per heavy atom. The molecule has 31 heavy (non-hydrogen) atoms. The van der Waals surface area contributed by atoms with Crippen LogP contribution in [0.2, 0.25) is 18.1 Å². The van der Waals surface area contributed by atoms with Crippen molar-refractivity contribution in [1.29, 1.82) is 0 Å². The van der Waals surface area contributed by atoms with Crippen LogP contribution in [0.3, 0.4) is 0 Å². The standard InChI is InChI=1S/C24H44N2O4Si/c1-17(2)20(26(9)22(28)30-23(3,4)5)15-21(27)19-14-12-13-18(25-19)16-29-31(10,11)24(6,7)8/h12-14,17,20-21,27H,15-16H2,1-11H3/t20-,21-/m1/s1. The summed E-state index contributed by atoms with van der Waals surface area (Å²) in [4.78, 5) is 18.8. The number of aliphatic hydroxyl groups excluding tert-OH is 1. The van der Waals surface area contributed by atoms with Crippen molar-refractivity contribution >= 4 is 14.4 Å². The Kier molecular flexibility index (Phi) is 9.30. The van der Waals surface area contributed by atoms with Crippen molar-refractivity contribution in [1.82, 2.24) is 9.88 Å². The molecular formula is C24H44N2O4Si. The molecule has 0 aliphatic carbocycles. The van der Waals surface area contributed by atoms with Gasteiger partial charge < -0.3 is 19.2 Å². The number of hydrogen-bond donors (Lipinski definition) is 1. The fourth-order valence-electron chi connectivity index (χ4n) is 2.93. The van der Waals surface area contributed by atoms with Gasteiger partial charge in [-0.25, -0.2) is 4.79 Å². The fraction of sp³-hybridized carbons (Fsp3) is 0.750. The highest BCUT2D eigenvalue weighted by molar-refractivity contribution is 6.74. The molecule has 1 aromatic rings. The van der Waals surface area contributed by atoms with Gasteiger partial charge in [-0.1, -0.05) is 40.7 Å². The average molecular weight is 453 g/mol. The summed E-state index contributed by atoms with van der Waals surface area (Å²) in [6.45, 7) is 21.1. The van der Waals surface area contributed by atoms with E-state index in [0.717, 1.165) is 5.69 Å². The van der Waals surface area contributed by atoms with E-state index in [0.29, 0.717) is 18.7 Å². The first-order chi connectivity index (χ1) is 13.9. The number of ether oxygens (including phenoxy) is 1. The minimum Gasteiger partial charge on any atom is -0.444 e. The third-order valence-corrected chi connectivity index (χ3v) is 10.4. The van der Waals surface area contributed by atoms with Gasteiger partial charge in [0.05, 0.1) is 24.1 Å². The van der Waals surface area contributed by atoms with Gasteiger partial charge in [0.1, 0.15) is 5.60 Å². The van der Waals surface area contributed by atoms with Crippen molar-refractivity contribution in [2.45, 2.75) is 104 Å². The smallest absolute Gasteiger partial charge is 0.410 e. The van der Waals surface area contributed by atoms with E-state index in [4.69, 9.17) is 9.16 Å². The second-order valence-corrected chi connectivity index (χ2v) is 16.1. The Hall–Kier alpha value is -1.44. The Labute approximate surface area is 190 Å². The topological polar surface area (TPSA) is 71.9 Å². The van der Waals surface area contributed by atoms with Crippen molar-refractivity contribution in [3.05, 3.63) is 29.6 Å². The van der Waals surface area contributed by atoms with E-state index < -0.39 is 20.0 Å². The first kappa shape index (κ1) is 27.6. The van der Waals surface area contributed by atoms with Crippen LogP contribution in [0.25, 0.3) is 0 Å². The number of nitrogens with zero attached hydrogens (tertiary/aromatic N) is 2. The summed E-state index contributed by atoms with van der Waals surface area (Å²) < 4.78 is 11.8. The molecule has 0 saturated heterocycles. The van der Waals surface area contributed by atoms with Crippen LogP contribution in [0.5, 0.6) is 0 Å². The highest BCUT2D eigenvalue weighted by atomic mass is 28.4. The molecule has 7 heteroatoms. The lowest BCUT2D eigenvalue weighted by Gasteiger charge is -2.36. The molecule has 6 nitrogen and oxygen atoms in total. The van der Waals surface area contributed by atoms with Crippen molar-refractivity contribution in [2.75, 3.05) is 7.05 Å². The summed E-state index contributed by atoms with van der Waals surface area (Å²) in [7, 11) is -0.157. The monoisotopic (exact) mass is 452 g/mol. The number of aromatic nitrogens is 1. The largest absolute Gasteiger partial charge is 0.444 e. The zero-order valence-corrected chi connectivity index (χ0v) is 22.4. The molecule has 0 spiro atoms. The zero-order valence-electron chi connectivity index (χ0n) is 21.4. The molecule has 2 atom stereocenters. The highest BCUT2D eigenvalue weighted by Crippen LogP contribution is 2.37. The van der Waals surface area contributed by atoms with Crippen molar-refractivity contribution in [3.63, 3.8) is 0 Å². The molecule has 1 rings (SSSR count). The molecule has 0 bridgehead atoms. The van der Waals surface area contributed by atoms with Gasteiger partial charge in [-0.15, -0.1) is 0 Å². The van der Waals surface area contributed by atoms with Gasteiger partial charge >= 0.3 is 6.09 Å². The van der Waals surface area contributed by atoms with Crippen LogP contribution >= 0.6 is 0 Å². The van der Waals surface area contributed by atoms with Gasteiger partial charge in [0.15, 0.2) is 8.32 Å². The molecule has 1 heterocycles. The molecule has 178 valence electrons. The van der Waals surface area contributed by atoms with Gasteiger partial charge in [0.2, 0.25) is 0 Å². The molecular weight excluding hydrogens is 408 g/mol. The van der Waals surface area contributed by atoms with Crippen LogP contribution < -0.4 is 0 Å². The van der Waals surface area contributed by atoms with Crippen LogP contribution in [0, 0.1) is 5.92 Å². The number of hydrogen-bond acceptors (Lipinski definition) is 5. The summed E-state index contributed by atoms with van der Waals surface area (Å²) in [5, 5.41) is 11.0. The molecule has 0 saturated carbocycles. The Bertz CT molecular complexity index is 723. The number of aliphatic hydroxyl groups is 1. The maximum absolute atomic E-state index is 12.5. The maximum Gasteiger partial charge on any atom is 0.410 e. The average Bonchev–Trinajstić information content (AvgIpc) is 2.61. The summed E-state index contributed by atoms with van der Waals surface area (Å²) >= 11 is 0. The van der Waals surface area contributed by atoms with Gasteiger partial charge in [-0.05, 0) is 63.4 Å². The van der Waals surface area contributed by atoms with E-state index in [9.17, 15) is 9.90 Å². The van der Waals surface area contributed by atoms with Crippen LogP contribution in [-0.4, -0.2) is 48.1 Å². The lowest BCUT2D eigenvalue weighted by molar-refractivity contribution is 0.0103. The molecule has 1 aromatic heterocycles. The summed E-state index contributed by atoms with van der Waals surface area (Å²) in [6.07, 6.45) is -0.791. The number of carbonyl (C=O) groups is 1. The molecule has 0 fully saturated rings. The Morgan fingerprint density at radius 3 is 2.23 bits per heavy atom. The third kappa shape index (κ3) is 8.54. The molecule has 0 aliphatic rings. The normalized spacial score (nSPS) is 15.0. The van der Waals surface area contributed by atoms with E-state index in [1.54, 1.807) is 11.9 Å². The Morgan fingerprint density at radius 1 is 1.16 bits per heavy atom. The number of pyridine rings is 1. The second-order valence-electron chi connectivity index (χ2n) is 11.3. The van der Waals surface area contributed by atoms with E-state index in [1.165, 1.54) is 0 Å². The molecule has 0 radical (unpaired) electrons. The molecule has 0 aromatic carbocycles. The van der Waals surface area contributed by atoms with Crippen LogP contribution in [0.1, 0.15) is 79.3 Å². The number of rotatable bonds is 8. The van der Waals surface area contributed by atoms with Crippen LogP contribution in [-0.2, 0) is 15.8 Å². The van der Waals surface area contributed by atoms with Gasteiger partial charge in [0.25, 0.3) is 0 Å². The fourth-order valence-corrected chi connectivity index (χ4v) is 3.87. The van der Waals surface area contributed by atoms with Gasteiger partial charge in [-0.3, -0.25) is 4.98 Å². The van der Waals surface area contributed by atoms with Crippen LogP contribution in [0.15, 0.2) is 18.2 Å². The first-order valence-corrected chi connectivity index (χ1v) is 14.1. The van der Waals surface area contributed by atoms with Crippen molar-refractivity contribution < 1.29 is 19.1 Å². The second kappa shape index (κ2) is 10.4. The Balaban J connectivity index is 2.90. The van der Waals surface area contributed by atoms with Gasteiger partial charge in [-0.2, -0.15) is 0 Å². The summed E-state index contributed by atoms with van der Waals surface area (Å²) in [5.41, 5.74) is 0.841. The molecule has 1 amide bonds. The van der Waals surface area contributed by atoms with Crippen molar-refractivity contribution in [3.8, 4) is 0 Å². The molecule has 1 N–H and O–H groups in total. The summed E-state index contributed by atoms with van der Waals surface area (Å²) in [5.74, 6) is 0.150.